The first-order valence-corrected chi connectivity index (χ1v) is 8.77. The fourth-order valence-corrected chi connectivity index (χ4v) is 3.35. The van der Waals surface area contributed by atoms with E-state index >= 15 is 0 Å². The molecule has 0 spiro atoms. The number of carbonyl (C=O) groups is 2. The van der Waals surface area contributed by atoms with Crippen molar-refractivity contribution in [3.8, 4) is 0 Å². The number of carbonyl (C=O) groups excluding carboxylic acids is 2. The zero-order chi connectivity index (χ0) is 20.5. The van der Waals surface area contributed by atoms with Crippen LogP contribution in [0, 0.1) is 0 Å². The van der Waals surface area contributed by atoms with Crippen LogP contribution in [0.25, 0.3) is 6.08 Å². The highest BCUT2D eigenvalue weighted by molar-refractivity contribution is 6.31. The third-order valence-electron chi connectivity index (χ3n) is 4.40. The summed E-state index contributed by atoms with van der Waals surface area (Å²) in [6.45, 7) is 1.39. The maximum atomic E-state index is 13.0. The van der Waals surface area contributed by atoms with E-state index < -0.39 is 28.7 Å². The number of amides is 2. The van der Waals surface area contributed by atoms with E-state index in [-0.39, 0.29) is 18.0 Å². The van der Waals surface area contributed by atoms with Crippen molar-refractivity contribution >= 4 is 35.2 Å². The Hall–Kier alpha value is -2.80. The molecule has 3 rings (SSSR count). The molecule has 2 aromatic rings. The van der Waals surface area contributed by atoms with Crippen molar-refractivity contribution in [2.75, 3.05) is 5.32 Å². The van der Waals surface area contributed by atoms with Gasteiger partial charge >= 0.3 is 6.18 Å². The van der Waals surface area contributed by atoms with E-state index in [0.717, 1.165) is 23.3 Å². The molecule has 1 heterocycles. The number of alkyl halides is 3. The van der Waals surface area contributed by atoms with E-state index in [9.17, 15) is 22.8 Å². The van der Waals surface area contributed by atoms with Crippen molar-refractivity contribution in [1.29, 1.82) is 0 Å². The number of halogens is 4. The Labute approximate surface area is 164 Å². The van der Waals surface area contributed by atoms with Crippen LogP contribution in [-0.2, 0) is 15.8 Å². The minimum Gasteiger partial charge on any atom is -0.326 e. The zero-order valence-electron chi connectivity index (χ0n) is 14.8. The maximum Gasteiger partial charge on any atom is 0.417 e. The molecule has 0 radical (unpaired) electrons. The van der Waals surface area contributed by atoms with E-state index in [0.29, 0.717) is 0 Å². The van der Waals surface area contributed by atoms with Gasteiger partial charge in [0, 0.05) is 18.8 Å². The smallest absolute Gasteiger partial charge is 0.326 e. The molecule has 1 atom stereocenters. The molecule has 28 heavy (non-hydrogen) atoms. The van der Waals surface area contributed by atoms with Crippen molar-refractivity contribution in [2.24, 2.45) is 0 Å². The number of nitrogens with zero attached hydrogens (tertiary/aromatic N) is 1. The number of fused-ring (bicyclic) bond motifs is 1. The van der Waals surface area contributed by atoms with E-state index in [1.54, 1.807) is 18.3 Å². The summed E-state index contributed by atoms with van der Waals surface area (Å²) >= 11 is 5.60. The van der Waals surface area contributed by atoms with Gasteiger partial charge in [-0.3, -0.25) is 9.59 Å². The van der Waals surface area contributed by atoms with Gasteiger partial charge in [0.2, 0.25) is 11.8 Å². The van der Waals surface area contributed by atoms with Gasteiger partial charge in [0.15, 0.2) is 0 Å². The van der Waals surface area contributed by atoms with Gasteiger partial charge in [0.05, 0.1) is 23.0 Å². The Morgan fingerprint density at radius 1 is 1.18 bits per heavy atom. The topological polar surface area (TPSA) is 49.4 Å². The van der Waals surface area contributed by atoms with E-state index in [1.165, 1.54) is 17.9 Å². The Bertz CT molecular complexity index is 957. The highest BCUT2D eigenvalue weighted by Crippen LogP contribution is 2.37. The third kappa shape index (κ3) is 4.20. The van der Waals surface area contributed by atoms with Gasteiger partial charge in [-0.15, -0.1) is 0 Å². The summed E-state index contributed by atoms with van der Waals surface area (Å²) < 4.78 is 39.0. The normalized spacial score (nSPS) is 15.9. The van der Waals surface area contributed by atoms with Crippen molar-refractivity contribution in [3.63, 3.8) is 0 Å². The average molecular weight is 409 g/mol. The van der Waals surface area contributed by atoms with Crippen LogP contribution in [0.15, 0.2) is 48.7 Å². The number of hydrogen-bond acceptors (Lipinski definition) is 2. The fraction of sp³-hybridized carbons (Fsp3) is 0.200. The second-order valence-electron chi connectivity index (χ2n) is 6.33. The first kappa shape index (κ1) is 19.9. The van der Waals surface area contributed by atoms with Gasteiger partial charge in [-0.1, -0.05) is 35.9 Å². The molecule has 0 saturated heterocycles. The highest BCUT2D eigenvalue weighted by Gasteiger charge is 2.34. The molecule has 8 heteroatoms. The molecular weight excluding hydrogens is 393 g/mol. The zero-order valence-corrected chi connectivity index (χ0v) is 15.5. The summed E-state index contributed by atoms with van der Waals surface area (Å²) in [4.78, 5) is 25.9. The maximum absolute atomic E-state index is 13.0. The third-order valence-corrected chi connectivity index (χ3v) is 4.73. The number of benzene rings is 2. The van der Waals surface area contributed by atoms with Gasteiger partial charge in [0.25, 0.3) is 0 Å². The SMILES string of the molecule is CC(=O)N1C=Cc2ccccc2C1CC(=O)Nc1ccc(Cl)c(C(F)(F)F)c1. The lowest BCUT2D eigenvalue weighted by atomic mass is 9.93. The summed E-state index contributed by atoms with van der Waals surface area (Å²) in [5.41, 5.74) is 0.630. The number of rotatable bonds is 3. The lowest BCUT2D eigenvalue weighted by molar-refractivity contribution is -0.137. The van der Waals surface area contributed by atoms with Crippen LogP contribution in [0.5, 0.6) is 0 Å². The Morgan fingerprint density at radius 3 is 2.57 bits per heavy atom. The van der Waals surface area contributed by atoms with Crippen LogP contribution >= 0.6 is 11.6 Å². The molecule has 1 aliphatic rings. The predicted molar refractivity (Wildman–Crippen MR) is 100 cm³/mol. The summed E-state index contributed by atoms with van der Waals surface area (Å²) in [6, 6.07) is 9.95. The minimum atomic E-state index is -4.63. The number of nitrogens with one attached hydrogen (secondary N) is 1. The second-order valence-corrected chi connectivity index (χ2v) is 6.74. The fourth-order valence-electron chi connectivity index (χ4n) is 3.12. The summed E-state index contributed by atoms with van der Waals surface area (Å²) in [6.07, 6.45) is -1.35. The van der Waals surface area contributed by atoms with Crippen LogP contribution in [0.2, 0.25) is 5.02 Å². The Morgan fingerprint density at radius 2 is 1.89 bits per heavy atom. The summed E-state index contributed by atoms with van der Waals surface area (Å²) in [7, 11) is 0. The van der Waals surface area contributed by atoms with E-state index in [1.807, 2.05) is 18.2 Å². The molecule has 0 fully saturated rings. The molecule has 146 valence electrons. The van der Waals surface area contributed by atoms with Gasteiger partial charge < -0.3 is 10.2 Å². The highest BCUT2D eigenvalue weighted by atomic mass is 35.5. The molecule has 0 aromatic heterocycles. The molecular formula is C20H16ClF3N2O2. The van der Waals surface area contributed by atoms with Crippen LogP contribution in [-0.4, -0.2) is 16.7 Å². The monoisotopic (exact) mass is 408 g/mol. The largest absolute Gasteiger partial charge is 0.417 e. The Kier molecular flexibility index (Phi) is 5.47. The predicted octanol–water partition coefficient (Wildman–Crippen LogP) is 5.26. The standard InChI is InChI=1S/C20H16ClF3N2O2/c1-12(27)26-9-8-13-4-2-3-5-15(13)18(26)11-19(28)25-14-6-7-17(21)16(10-14)20(22,23)24/h2-10,18H,11H2,1H3,(H,25,28). The van der Waals surface area contributed by atoms with Crippen molar-refractivity contribution < 1.29 is 22.8 Å². The van der Waals surface area contributed by atoms with E-state index in [4.69, 9.17) is 11.6 Å². The van der Waals surface area contributed by atoms with Gasteiger partial charge in [0.1, 0.15) is 0 Å². The second kappa shape index (κ2) is 7.67. The van der Waals surface area contributed by atoms with Gasteiger partial charge in [-0.25, -0.2) is 0 Å². The molecule has 1 N–H and O–H groups in total. The van der Waals surface area contributed by atoms with Crippen molar-refractivity contribution in [1.82, 2.24) is 4.90 Å². The molecule has 1 aliphatic heterocycles. The average Bonchev–Trinajstić information content (AvgIpc) is 2.62. The summed E-state index contributed by atoms with van der Waals surface area (Å²) in [5, 5.41) is 2.01. The van der Waals surface area contributed by atoms with Crippen LogP contribution in [0.4, 0.5) is 18.9 Å². The van der Waals surface area contributed by atoms with Crippen molar-refractivity contribution in [3.05, 3.63) is 70.4 Å². The number of anilines is 1. The van der Waals surface area contributed by atoms with Crippen molar-refractivity contribution in [2.45, 2.75) is 25.6 Å². The van der Waals surface area contributed by atoms with Gasteiger partial charge in [-0.05, 0) is 35.4 Å². The molecule has 0 aliphatic carbocycles. The first-order chi connectivity index (χ1) is 13.2. The summed E-state index contributed by atoms with van der Waals surface area (Å²) in [5.74, 6) is -0.758. The van der Waals surface area contributed by atoms with Gasteiger partial charge in [-0.2, -0.15) is 13.2 Å². The number of hydrogen-bond donors (Lipinski definition) is 1. The molecule has 4 nitrogen and oxygen atoms in total. The molecule has 2 aromatic carbocycles. The van der Waals surface area contributed by atoms with Crippen LogP contribution < -0.4 is 5.32 Å². The lowest BCUT2D eigenvalue weighted by Gasteiger charge is -2.32. The molecule has 2 amide bonds. The van der Waals surface area contributed by atoms with Crippen LogP contribution in [0.3, 0.4) is 0 Å². The quantitative estimate of drug-likeness (QED) is 0.753. The Balaban J connectivity index is 1.82. The minimum absolute atomic E-state index is 0.0178. The molecule has 0 saturated carbocycles. The lowest BCUT2D eigenvalue weighted by Crippen LogP contribution is -2.33. The molecule has 1 unspecified atom stereocenters. The van der Waals surface area contributed by atoms with Crippen LogP contribution in [0.1, 0.15) is 36.1 Å². The van der Waals surface area contributed by atoms with E-state index in [2.05, 4.69) is 5.32 Å². The molecule has 0 bridgehead atoms. The first-order valence-electron chi connectivity index (χ1n) is 8.39.